The lowest BCUT2D eigenvalue weighted by atomic mass is 9.86. The van der Waals surface area contributed by atoms with Gasteiger partial charge in [-0.25, -0.2) is 0 Å². The second kappa shape index (κ2) is 6.01. The van der Waals surface area contributed by atoms with Crippen LogP contribution in [0.3, 0.4) is 0 Å². The van der Waals surface area contributed by atoms with Crippen molar-refractivity contribution in [3.05, 3.63) is 54.6 Å². The van der Waals surface area contributed by atoms with Gasteiger partial charge < -0.3 is 9.47 Å². The highest BCUT2D eigenvalue weighted by molar-refractivity contribution is 5.35. The van der Waals surface area contributed by atoms with Crippen LogP contribution in [0.15, 0.2) is 54.6 Å². The zero-order valence-electron chi connectivity index (χ0n) is 12.7. The molecule has 3 nitrogen and oxygen atoms in total. The first-order valence-electron chi connectivity index (χ1n) is 8.09. The number of ether oxygens (including phenoxy) is 2. The lowest BCUT2D eigenvalue weighted by molar-refractivity contribution is -0.00777. The van der Waals surface area contributed by atoms with Gasteiger partial charge in [0.25, 0.3) is 0 Å². The molecule has 3 aliphatic rings. The van der Waals surface area contributed by atoms with Crippen molar-refractivity contribution in [2.24, 2.45) is 5.92 Å². The summed E-state index contributed by atoms with van der Waals surface area (Å²) in [6.45, 7) is 3.57. The van der Waals surface area contributed by atoms with Crippen molar-refractivity contribution in [1.82, 2.24) is 4.90 Å². The van der Waals surface area contributed by atoms with Crippen molar-refractivity contribution < 1.29 is 9.47 Å². The van der Waals surface area contributed by atoms with E-state index in [1.807, 2.05) is 54.6 Å². The maximum Gasteiger partial charge on any atom is 0.127 e. The molecule has 0 unspecified atom stereocenters. The van der Waals surface area contributed by atoms with E-state index in [0.717, 1.165) is 29.7 Å². The van der Waals surface area contributed by atoms with Crippen molar-refractivity contribution in [2.45, 2.75) is 18.9 Å². The Morgan fingerprint density at radius 3 is 2.05 bits per heavy atom. The van der Waals surface area contributed by atoms with E-state index < -0.39 is 0 Å². The summed E-state index contributed by atoms with van der Waals surface area (Å²) in [4.78, 5) is 2.51. The third-order valence-electron chi connectivity index (χ3n) is 4.69. The zero-order valence-corrected chi connectivity index (χ0v) is 12.7. The summed E-state index contributed by atoms with van der Waals surface area (Å²) in [6, 6.07) is 17.8. The molecule has 3 heteroatoms. The number of benzene rings is 2. The summed E-state index contributed by atoms with van der Waals surface area (Å²) >= 11 is 0. The SMILES string of the molecule is c1ccc(Oc2ccc(O[C@@H]3CN4CCC3CC4)cc2)cc1. The first-order valence-corrected chi connectivity index (χ1v) is 8.09. The molecule has 3 fully saturated rings. The molecule has 0 amide bonds. The monoisotopic (exact) mass is 295 g/mol. The van der Waals surface area contributed by atoms with Gasteiger partial charge in [-0.3, -0.25) is 4.90 Å². The lowest BCUT2D eigenvalue weighted by Gasteiger charge is -2.44. The van der Waals surface area contributed by atoms with Gasteiger partial charge >= 0.3 is 0 Å². The number of fused-ring (bicyclic) bond motifs is 3. The van der Waals surface area contributed by atoms with Gasteiger partial charge in [-0.1, -0.05) is 18.2 Å². The third-order valence-corrected chi connectivity index (χ3v) is 4.69. The normalized spacial score (nSPS) is 26.6. The molecule has 0 aromatic heterocycles. The summed E-state index contributed by atoms with van der Waals surface area (Å²) in [5, 5.41) is 0. The van der Waals surface area contributed by atoms with Crippen LogP contribution in [-0.4, -0.2) is 30.6 Å². The average Bonchev–Trinajstić information content (AvgIpc) is 2.59. The molecule has 1 atom stereocenters. The van der Waals surface area contributed by atoms with Crippen LogP contribution in [0, 0.1) is 5.92 Å². The summed E-state index contributed by atoms with van der Waals surface area (Å²) in [5.41, 5.74) is 0. The minimum atomic E-state index is 0.350. The molecule has 3 saturated heterocycles. The van der Waals surface area contributed by atoms with Crippen LogP contribution in [-0.2, 0) is 0 Å². The second-order valence-corrected chi connectivity index (χ2v) is 6.18. The van der Waals surface area contributed by atoms with Crippen LogP contribution >= 0.6 is 0 Å². The molecule has 22 heavy (non-hydrogen) atoms. The quantitative estimate of drug-likeness (QED) is 0.852. The molecule has 2 aromatic rings. The molecule has 114 valence electrons. The number of piperidine rings is 3. The van der Waals surface area contributed by atoms with Gasteiger partial charge in [0.05, 0.1) is 0 Å². The van der Waals surface area contributed by atoms with Gasteiger partial charge in [0.15, 0.2) is 0 Å². The van der Waals surface area contributed by atoms with Crippen LogP contribution in [0.25, 0.3) is 0 Å². The molecule has 3 heterocycles. The fraction of sp³-hybridized carbons (Fsp3) is 0.368. The van der Waals surface area contributed by atoms with Gasteiger partial charge in [0, 0.05) is 6.54 Å². The summed E-state index contributed by atoms with van der Waals surface area (Å²) in [6.07, 6.45) is 2.91. The first-order chi connectivity index (χ1) is 10.9. The summed E-state index contributed by atoms with van der Waals surface area (Å²) in [5.74, 6) is 3.37. The molecule has 0 N–H and O–H groups in total. The van der Waals surface area contributed by atoms with E-state index >= 15 is 0 Å². The molecular weight excluding hydrogens is 274 g/mol. The Bertz CT molecular complexity index is 603. The summed E-state index contributed by atoms with van der Waals surface area (Å²) < 4.78 is 12.0. The predicted molar refractivity (Wildman–Crippen MR) is 86.5 cm³/mol. The molecule has 3 aliphatic heterocycles. The van der Waals surface area contributed by atoms with Gasteiger partial charge in [-0.05, 0) is 68.2 Å². The van der Waals surface area contributed by atoms with E-state index in [1.54, 1.807) is 0 Å². The van der Waals surface area contributed by atoms with Crippen LogP contribution in [0.4, 0.5) is 0 Å². The molecule has 2 aromatic carbocycles. The lowest BCUT2D eigenvalue weighted by Crippen LogP contribution is -2.52. The topological polar surface area (TPSA) is 21.7 Å². The van der Waals surface area contributed by atoms with E-state index in [1.165, 1.54) is 25.9 Å². The highest BCUT2D eigenvalue weighted by Gasteiger charge is 2.35. The Balaban J connectivity index is 1.39. The maximum absolute atomic E-state index is 6.20. The number of hydrogen-bond donors (Lipinski definition) is 0. The van der Waals surface area contributed by atoms with Gasteiger partial charge in [0.1, 0.15) is 23.4 Å². The zero-order chi connectivity index (χ0) is 14.8. The van der Waals surface area contributed by atoms with Gasteiger partial charge in [-0.2, -0.15) is 0 Å². The smallest absolute Gasteiger partial charge is 0.127 e. The Kier molecular flexibility index (Phi) is 3.73. The molecule has 0 radical (unpaired) electrons. The van der Waals surface area contributed by atoms with Gasteiger partial charge in [-0.15, -0.1) is 0 Å². The molecule has 0 saturated carbocycles. The predicted octanol–water partition coefficient (Wildman–Crippen LogP) is 3.95. The van der Waals surface area contributed by atoms with Crippen molar-refractivity contribution >= 4 is 0 Å². The van der Waals surface area contributed by atoms with Crippen molar-refractivity contribution in [1.29, 1.82) is 0 Å². The van der Waals surface area contributed by atoms with E-state index in [4.69, 9.17) is 9.47 Å². The minimum absolute atomic E-state index is 0.350. The van der Waals surface area contributed by atoms with E-state index in [2.05, 4.69) is 4.90 Å². The fourth-order valence-electron chi connectivity index (χ4n) is 3.43. The highest BCUT2D eigenvalue weighted by Crippen LogP contribution is 2.31. The van der Waals surface area contributed by atoms with Crippen LogP contribution in [0.2, 0.25) is 0 Å². The van der Waals surface area contributed by atoms with Gasteiger partial charge in [0.2, 0.25) is 0 Å². The third kappa shape index (κ3) is 2.95. The number of hydrogen-bond acceptors (Lipinski definition) is 3. The number of rotatable bonds is 4. The molecule has 5 rings (SSSR count). The Morgan fingerprint density at radius 1 is 0.773 bits per heavy atom. The number of para-hydroxylation sites is 1. The fourth-order valence-corrected chi connectivity index (χ4v) is 3.43. The minimum Gasteiger partial charge on any atom is -0.489 e. The molecular formula is C19H21NO2. The Morgan fingerprint density at radius 2 is 1.41 bits per heavy atom. The van der Waals surface area contributed by atoms with Crippen LogP contribution in [0.5, 0.6) is 17.2 Å². The Hall–Kier alpha value is -2.00. The highest BCUT2D eigenvalue weighted by atomic mass is 16.5. The van der Waals surface area contributed by atoms with E-state index in [0.29, 0.717) is 6.10 Å². The van der Waals surface area contributed by atoms with Crippen molar-refractivity contribution in [3.63, 3.8) is 0 Å². The van der Waals surface area contributed by atoms with Crippen LogP contribution < -0.4 is 9.47 Å². The average molecular weight is 295 g/mol. The molecule has 0 aliphatic carbocycles. The van der Waals surface area contributed by atoms with E-state index in [9.17, 15) is 0 Å². The molecule has 0 spiro atoms. The van der Waals surface area contributed by atoms with Crippen molar-refractivity contribution in [2.75, 3.05) is 19.6 Å². The standard InChI is InChI=1S/C19H21NO2/c1-2-4-16(5-3-1)21-17-6-8-18(9-7-17)22-19-14-20-12-10-15(19)11-13-20/h1-9,15,19H,10-14H2/t19-/m1/s1. The Labute approximate surface area is 131 Å². The van der Waals surface area contributed by atoms with E-state index in [-0.39, 0.29) is 0 Å². The second-order valence-electron chi connectivity index (χ2n) is 6.18. The molecule has 2 bridgehead atoms. The number of nitrogens with zero attached hydrogens (tertiary/aromatic N) is 1. The van der Waals surface area contributed by atoms with Crippen LogP contribution in [0.1, 0.15) is 12.8 Å². The largest absolute Gasteiger partial charge is 0.489 e. The van der Waals surface area contributed by atoms with Crippen molar-refractivity contribution in [3.8, 4) is 17.2 Å². The first kappa shape index (κ1) is 13.6. The maximum atomic E-state index is 6.20. The summed E-state index contributed by atoms with van der Waals surface area (Å²) in [7, 11) is 0.